The summed E-state index contributed by atoms with van der Waals surface area (Å²) in [6.07, 6.45) is 1.04. The van der Waals surface area contributed by atoms with E-state index in [0.29, 0.717) is 18.1 Å². The number of carbonyl (C=O) groups is 1. The Morgan fingerprint density at radius 3 is 2.88 bits per heavy atom. The Morgan fingerprint density at radius 1 is 1.38 bits per heavy atom. The first-order valence-electron chi connectivity index (χ1n) is 5.60. The molecule has 0 aromatic heterocycles. The van der Waals surface area contributed by atoms with Crippen molar-refractivity contribution in [3.8, 4) is 0 Å². The van der Waals surface area contributed by atoms with Crippen LogP contribution in [0, 0.1) is 5.92 Å². The van der Waals surface area contributed by atoms with Crippen LogP contribution < -0.4 is 0 Å². The van der Waals surface area contributed by atoms with Crippen LogP contribution in [0.4, 0.5) is 0 Å². The summed E-state index contributed by atoms with van der Waals surface area (Å²) < 4.78 is 10.6. The van der Waals surface area contributed by atoms with Crippen LogP contribution >= 0.6 is 0 Å². The Balaban J connectivity index is 1.71. The molecule has 1 aliphatic heterocycles. The molecule has 3 nitrogen and oxygen atoms in total. The SMILES string of the molecule is O=C(COCC1CCOC1)c1ccccc1. The molecule has 1 atom stereocenters. The van der Waals surface area contributed by atoms with Crippen LogP contribution in [0.25, 0.3) is 0 Å². The van der Waals surface area contributed by atoms with Gasteiger partial charge in [0, 0.05) is 18.1 Å². The van der Waals surface area contributed by atoms with Crippen molar-refractivity contribution in [1.82, 2.24) is 0 Å². The van der Waals surface area contributed by atoms with E-state index < -0.39 is 0 Å². The molecule has 0 saturated carbocycles. The van der Waals surface area contributed by atoms with Crippen molar-refractivity contribution in [3.63, 3.8) is 0 Å². The fourth-order valence-corrected chi connectivity index (χ4v) is 1.74. The van der Waals surface area contributed by atoms with Gasteiger partial charge in [-0.1, -0.05) is 30.3 Å². The predicted molar refractivity (Wildman–Crippen MR) is 60.5 cm³/mol. The van der Waals surface area contributed by atoms with E-state index in [1.165, 1.54) is 0 Å². The fraction of sp³-hybridized carbons (Fsp3) is 0.462. The second-order valence-corrected chi connectivity index (χ2v) is 4.03. The van der Waals surface area contributed by atoms with E-state index in [0.717, 1.165) is 19.6 Å². The third-order valence-corrected chi connectivity index (χ3v) is 2.71. The van der Waals surface area contributed by atoms with Gasteiger partial charge in [-0.25, -0.2) is 0 Å². The molecular formula is C13H16O3. The minimum absolute atomic E-state index is 0.0412. The van der Waals surface area contributed by atoms with E-state index in [1.807, 2.05) is 30.3 Å². The largest absolute Gasteiger partial charge is 0.381 e. The number of carbonyl (C=O) groups excluding carboxylic acids is 1. The average Bonchev–Trinajstić information content (AvgIpc) is 2.83. The van der Waals surface area contributed by atoms with Gasteiger partial charge in [0.05, 0.1) is 13.2 Å². The molecule has 3 heteroatoms. The molecule has 0 N–H and O–H groups in total. The van der Waals surface area contributed by atoms with Crippen molar-refractivity contribution in [2.24, 2.45) is 5.92 Å². The molecule has 16 heavy (non-hydrogen) atoms. The van der Waals surface area contributed by atoms with Gasteiger partial charge in [-0.15, -0.1) is 0 Å². The van der Waals surface area contributed by atoms with E-state index in [4.69, 9.17) is 9.47 Å². The van der Waals surface area contributed by atoms with E-state index in [1.54, 1.807) is 0 Å². The summed E-state index contributed by atoms with van der Waals surface area (Å²) in [7, 11) is 0. The smallest absolute Gasteiger partial charge is 0.188 e. The van der Waals surface area contributed by atoms with Gasteiger partial charge in [0.25, 0.3) is 0 Å². The maximum absolute atomic E-state index is 11.7. The van der Waals surface area contributed by atoms with E-state index in [-0.39, 0.29) is 12.4 Å². The Morgan fingerprint density at radius 2 is 2.19 bits per heavy atom. The van der Waals surface area contributed by atoms with Gasteiger partial charge in [0.15, 0.2) is 5.78 Å². The molecule has 0 aliphatic carbocycles. The van der Waals surface area contributed by atoms with Crippen LogP contribution in [0.5, 0.6) is 0 Å². The number of Topliss-reactive ketones (excluding diaryl/α,β-unsaturated/α-hetero) is 1. The molecule has 86 valence electrons. The molecule has 1 aromatic rings. The number of ether oxygens (including phenoxy) is 2. The molecule has 1 aromatic carbocycles. The van der Waals surface area contributed by atoms with Gasteiger partial charge in [0.1, 0.15) is 6.61 Å². The summed E-state index contributed by atoms with van der Waals surface area (Å²) >= 11 is 0. The molecular weight excluding hydrogens is 204 g/mol. The molecule has 1 heterocycles. The van der Waals surface area contributed by atoms with Crippen molar-refractivity contribution < 1.29 is 14.3 Å². The Kier molecular flexibility index (Phi) is 4.08. The first-order valence-corrected chi connectivity index (χ1v) is 5.60. The lowest BCUT2D eigenvalue weighted by Gasteiger charge is -2.07. The predicted octanol–water partition coefficient (Wildman–Crippen LogP) is 1.92. The molecule has 0 bridgehead atoms. The molecule has 1 saturated heterocycles. The van der Waals surface area contributed by atoms with Crippen molar-refractivity contribution in [3.05, 3.63) is 35.9 Å². The van der Waals surface area contributed by atoms with Crippen LogP contribution in [0.1, 0.15) is 16.8 Å². The monoisotopic (exact) mass is 220 g/mol. The van der Waals surface area contributed by atoms with Crippen molar-refractivity contribution >= 4 is 5.78 Å². The summed E-state index contributed by atoms with van der Waals surface area (Å²) in [6, 6.07) is 9.23. The first kappa shape index (κ1) is 11.3. The van der Waals surface area contributed by atoms with Crippen molar-refractivity contribution in [2.75, 3.05) is 26.4 Å². The zero-order chi connectivity index (χ0) is 11.2. The zero-order valence-corrected chi connectivity index (χ0v) is 9.22. The lowest BCUT2D eigenvalue weighted by atomic mass is 10.1. The minimum Gasteiger partial charge on any atom is -0.381 e. The van der Waals surface area contributed by atoms with Crippen molar-refractivity contribution in [2.45, 2.75) is 6.42 Å². The van der Waals surface area contributed by atoms with Crippen LogP contribution in [0.3, 0.4) is 0 Å². The van der Waals surface area contributed by atoms with Gasteiger partial charge in [-0.3, -0.25) is 4.79 Å². The molecule has 1 fully saturated rings. The van der Waals surface area contributed by atoms with Crippen LogP contribution in [-0.4, -0.2) is 32.2 Å². The Labute approximate surface area is 95.4 Å². The lowest BCUT2D eigenvalue weighted by Crippen LogP contribution is -2.15. The number of hydrogen-bond donors (Lipinski definition) is 0. The highest BCUT2D eigenvalue weighted by Crippen LogP contribution is 2.12. The van der Waals surface area contributed by atoms with E-state index in [2.05, 4.69) is 0 Å². The summed E-state index contributed by atoms with van der Waals surface area (Å²) in [4.78, 5) is 11.7. The Bertz CT molecular complexity index is 328. The van der Waals surface area contributed by atoms with Crippen LogP contribution in [0.2, 0.25) is 0 Å². The van der Waals surface area contributed by atoms with Gasteiger partial charge >= 0.3 is 0 Å². The van der Waals surface area contributed by atoms with Crippen molar-refractivity contribution in [1.29, 1.82) is 0 Å². The number of benzene rings is 1. The topological polar surface area (TPSA) is 35.5 Å². The van der Waals surface area contributed by atoms with Gasteiger partial charge in [-0.05, 0) is 6.42 Å². The zero-order valence-electron chi connectivity index (χ0n) is 9.22. The molecule has 0 radical (unpaired) electrons. The average molecular weight is 220 g/mol. The third kappa shape index (κ3) is 3.15. The summed E-state index contributed by atoms with van der Waals surface area (Å²) in [5.41, 5.74) is 0.713. The Hall–Kier alpha value is -1.19. The van der Waals surface area contributed by atoms with E-state index in [9.17, 15) is 4.79 Å². The number of rotatable bonds is 5. The lowest BCUT2D eigenvalue weighted by molar-refractivity contribution is 0.0652. The number of hydrogen-bond acceptors (Lipinski definition) is 3. The molecule has 0 amide bonds. The summed E-state index contributed by atoms with van der Waals surface area (Å²) in [5.74, 6) is 0.503. The molecule has 2 rings (SSSR count). The molecule has 0 spiro atoms. The highest BCUT2D eigenvalue weighted by atomic mass is 16.5. The highest BCUT2D eigenvalue weighted by molar-refractivity contribution is 5.96. The maximum Gasteiger partial charge on any atom is 0.188 e. The number of ketones is 1. The van der Waals surface area contributed by atoms with Gasteiger partial charge in [0.2, 0.25) is 0 Å². The quantitative estimate of drug-likeness (QED) is 0.711. The van der Waals surface area contributed by atoms with E-state index >= 15 is 0 Å². The standard InChI is InChI=1S/C13H16O3/c14-13(12-4-2-1-3-5-12)10-16-9-11-6-7-15-8-11/h1-5,11H,6-10H2. The summed E-state index contributed by atoms with van der Waals surface area (Å²) in [5, 5.41) is 0. The third-order valence-electron chi connectivity index (χ3n) is 2.71. The normalized spacial score (nSPS) is 19.9. The summed E-state index contributed by atoms with van der Waals surface area (Å²) in [6.45, 7) is 2.37. The highest BCUT2D eigenvalue weighted by Gasteiger charge is 2.16. The van der Waals surface area contributed by atoms with Crippen LogP contribution in [-0.2, 0) is 9.47 Å². The maximum atomic E-state index is 11.7. The molecule has 1 aliphatic rings. The molecule has 1 unspecified atom stereocenters. The van der Waals surface area contributed by atoms with Gasteiger partial charge in [-0.2, -0.15) is 0 Å². The fourth-order valence-electron chi connectivity index (χ4n) is 1.74. The first-order chi connectivity index (χ1) is 7.86. The minimum atomic E-state index is 0.0412. The second kappa shape index (κ2) is 5.77. The van der Waals surface area contributed by atoms with Crippen LogP contribution in [0.15, 0.2) is 30.3 Å². The van der Waals surface area contributed by atoms with Gasteiger partial charge < -0.3 is 9.47 Å². The second-order valence-electron chi connectivity index (χ2n) is 4.03.